The fourth-order valence-corrected chi connectivity index (χ4v) is 1.68. The number of nitrogen functional groups attached to an aromatic ring is 1. The zero-order valence-electron chi connectivity index (χ0n) is 10.1. The molecule has 0 aromatic carbocycles. The summed E-state index contributed by atoms with van der Waals surface area (Å²) in [4.78, 5) is 3.95. The van der Waals surface area contributed by atoms with Crippen LogP contribution in [0.15, 0.2) is 6.07 Å². The summed E-state index contributed by atoms with van der Waals surface area (Å²) >= 11 is 0. The van der Waals surface area contributed by atoms with Gasteiger partial charge in [-0.2, -0.15) is 10.1 Å². The van der Waals surface area contributed by atoms with Gasteiger partial charge in [-0.1, -0.05) is 0 Å². The van der Waals surface area contributed by atoms with Crippen molar-refractivity contribution in [1.82, 2.24) is 25.0 Å². The van der Waals surface area contributed by atoms with Crippen LogP contribution in [0.2, 0.25) is 0 Å². The second kappa shape index (κ2) is 4.86. The minimum Gasteiger partial charge on any atom is -0.368 e. The Labute approximate surface area is 99.4 Å². The van der Waals surface area contributed by atoms with Crippen molar-refractivity contribution in [2.24, 2.45) is 0 Å². The van der Waals surface area contributed by atoms with E-state index in [0.717, 1.165) is 25.2 Å². The highest BCUT2D eigenvalue weighted by Gasteiger charge is 2.01. The molecule has 92 valence electrons. The van der Waals surface area contributed by atoms with E-state index in [2.05, 4.69) is 38.6 Å². The molecule has 0 aliphatic rings. The largest absolute Gasteiger partial charge is 0.368 e. The number of rotatable bonds is 5. The highest BCUT2D eigenvalue weighted by Crippen LogP contribution is 2.03. The first-order chi connectivity index (χ1) is 8.15. The third kappa shape index (κ3) is 2.96. The zero-order chi connectivity index (χ0) is 12.3. The van der Waals surface area contributed by atoms with E-state index in [4.69, 9.17) is 5.73 Å². The van der Waals surface area contributed by atoms with E-state index in [-0.39, 0.29) is 0 Å². The lowest BCUT2D eigenvalue weighted by molar-refractivity contribution is 0.573. The molecule has 0 bridgehead atoms. The van der Waals surface area contributed by atoms with Crippen molar-refractivity contribution in [1.29, 1.82) is 0 Å². The average Bonchev–Trinajstić information content (AvgIpc) is 2.81. The molecular weight excluding hydrogens is 218 g/mol. The lowest BCUT2D eigenvalue weighted by Gasteiger charge is -2.04. The highest BCUT2D eigenvalue weighted by molar-refractivity contribution is 5.29. The molecule has 0 amide bonds. The van der Waals surface area contributed by atoms with Crippen LogP contribution in [-0.2, 0) is 6.54 Å². The van der Waals surface area contributed by atoms with Crippen molar-refractivity contribution in [3.63, 3.8) is 0 Å². The summed E-state index contributed by atoms with van der Waals surface area (Å²) in [6.07, 6.45) is 0.955. The van der Waals surface area contributed by atoms with Crippen molar-refractivity contribution in [2.45, 2.75) is 26.8 Å². The Kier molecular flexibility index (Phi) is 3.27. The van der Waals surface area contributed by atoms with Gasteiger partial charge in [0.15, 0.2) is 0 Å². The quantitative estimate of drug-likeness (QED) is 0.663. The molecule has 0 spiro atoms. The number of aromatic amines is 1. The standard InChI is InChI=1S/C10H17N7/c1-7-6-8(2)17(16-7)5-3-4-12-10-13-9(11)14-15-10/h6H,3-5H2,1-2H3,(H4,11,12,13,14,15). The van der Waals surface area contributed by atoms with Gasteiger partial charge in [-0.15, -0.1) is 5.10 Å². The molecule has 0 radical (unpaired) electrons. The van der Waals surface area contributed by atoms with Crippen LogP contribution in [0.1, 0.15) is 17.8 Å². The summed E-state index contributed by atoms with van der Waals surface area (Å²) in [5.41, 5.74) is 7.65. The molecule has 17 heavy (non-hydrogen) atoms. The minimum absolute atomic E-state index is 0.325. The first-order valence-corrected chi connectivity index (χ1v) is 5.58. The van der Waals surface area contributed by atoms with Crippen molar-refractivity contribution in [3.05, 3.63) is 17.5 Å². The third-order valence-electron chi connectivity index (χ3n) is 2.44. The van der Waals surface area contributed by atoms with Gasteiger partial charge in [0, 0.05) is 18.8 Å². The number of aryl methyl sites for hydroxylation is 3. The molecule has 0 atom stereocenters. The van der Waals surface area contributed by atoms with Crippen LogP contribution < -0.4 is 11.1 Å². The van der Waals surface area contributed by atoms with Crippen molar-refractivity contribution >= 4 is 11.9 Å². The summed E-state index contributed by atoms with van der Waals surface area (Å²) in [7, 11) is 0. The first kappa shape index (κ1) is 11.4. The fraction of sp³-hybridized carbons (Fsp3) is 0.500. The van der Waals surface area contributed by atoms with Crippen LogP contribution in [0, 0.1) is 13.8 Å². The van der Waals surface area contributed by atoms with E-state index in [0.29, 0.717) is 11.9 Å². The molecule has 2 aromatic heterocycles. The molecule has 0 unspecified atom stereocenters. The van der Waals surface area contributed by atoms with Gasteiger partial charge in [0.1, 0.15) is 0 Å². The van der Waals surface area contributed by atoms with Gasteiger partial charge < -0.3 is 11.1 Å². The molecule has 2 rings (SSSR count). The van der Waals surface area contributed by atoms with E-state index in [1.54, 1.807) is 0 Å². The number of nitrogens with zero attached hydrogens (tertiary/aromatic N) is 4. The zero-order valence-corrected chi connectivity index (χ0v) is 10.1. The minimum atomic E-state index is 0.325. The number of H-pyrrole nitrogens is 1. The van der Waals surface area contributed by atoms with Crippen LogP contribution in [0.3, 0.4) is 0 Å². The number of nitrogens with two attached hydrogens (primary N) is 1. The Morgan fingerprint density at radius 2 is 2.29 bits per heavy atom. The number of hydrogen-bond donors (Lipinski definition) is 3. The monoisotopic (exact) mass is 235 g/mol. The van der Waals surface area contributed by atoms with E-state index in [9.17, 15) is 0 Å². The summed E-state index contributed by atoms with van der Waals surface area (Å²) in [6.45, 7) is 5.73. The summed E-state index contributed by atoms with van der Waals surface area (Å²) in [5.74, 6) is 0.863. The molecule has 2 heterocycles. The SMILES string of the molecule is Cc1cc(C)n(CCCNc2n[nH]c(N)n2)n1. The topological polar surface area (TPSA) is 97.4 Å². The van der Waals surface area contributed by atoms with E-state index in [1.165, 1.54) is 5.69 Å². The first-order valence-electron chi connectivity index (χ1n) is 5.58. The van der Waals surface area contributed by atoms with Crippen molar-refractivity contribution in [2.75, 3.05) is 17.6 Å². The van der Waals surface area contributed by atoms with E-state index < -0.39 is 0 Å². The van der Waals surface area contributed by atoms with Gasteiger partial charge >= 0.3 is 0 Å². The van der Waals surface area contributed by atoms with Gasteiger partial charge in [0.25, 0.3) is 0 Å². The van der Waals surface area contributed by atoms with Gasteiger partial charge in [-0.3, -0.25) is 4.68 Å². The van der Waals surface area contributed by atoms with Crippen LogP contribution >= 0.6 is 0 Å². The van der Waals surface area contributed by atoms with Crippen LogP contribution in [0.5, 0.6) is 0 Å². The summed E-state index contributed by atoms with van der Waals surface area (Å²) in [5, 5.41) is 13.9. The molecule has 0 saturated heterocycles. The fourth-order valence-electron chi connectivity index (χ4n) is 1.68. The molecule has 7 heteroatoms. The number of nitrogens with one attached hydrogen (secondary N) is 2. The molecule has 4 N–H and O–H groups in total. The normalized spacial score (nSPS) is 10.7. The molecule has 0 saturated carbocycles. The number of aromatic nitrogens is 5. The maximum absolute atomic E-state index is 5.41. The average molecular weight is 235 g/mol. The van der Waals surface area contributed by atoms with Gasteiger partial charge in [0.2, 0.25) is 11.9 Å². The lowest BCUT2D eigenvalue weighted by Crippen LogP contribution is -2.09. The van der Waals surface area contributed by atoms with Gasteiger partial charge in [0.05, 0.1) is 5.69 Å². The number of hydrogen-bond acceptors (Lipinski definition) is 5. The van der Waals surface area contributed by atoms with Crippen molar-refractivity contribution < 1.29 is 0 Å². The van der Waals surface area contributed by atoms with Gasteiger partial charge in [-0.25, -0.2) is 5.10 Å². The molecule has 0 fully saturated rings. The Balaban J connectivity index is 1.75. The smallest absolute Gasteiger partial charge is 0.243 e. The predicted octanol–water partition coefficient (Wildman–Crippen LogP) is 0.702. The number of anilines is 2. The van der Waals surface area contributed by atoms with Crippen LogP contribution in [0.4, 0.5) is 11.9 Å². The second-order valence-electron chi connectivity index (χ2n) is 3.97. The van der Waals surface area contributed by atoms with Crippen LogP contribution in [0.25, 0.3) is 0 Å². The maximum Gasteiger partial charge on any atom is 0.243 e. The van der Waals surface area contributed by atoms with Crippen LogP contribution in [-0.4, -0.2) is 31.5 Å². The molecule has 0 aliphatic heterocycles. The molecule has 2 aromatic rings. The Morgan fingerprint density at radius 1 is 1.47 bits per heavy atom. The van der Waals surface area contributed by atoms with E-state index >= 15 is 0 Å². The Bertz CT molecular complexity index is 485. The Morgan fingerprint density at radius 3 is 2.88 bits per heavy atom. The Hall–Kier alpha value is -2.05. The molecule has 0 aliphatic carbocycles. The highest BCUT2D eigenvalue weighted by atomic mass is 15.3. The third-order valence-corrected chi connectivity index (χ3v) is 2.44. The molecule has 7 nitrogen and oxygen atoms in total. The van der Waals surface area contributed by atoms with E-state index in [1.807, 2.05) is 11.6 Å². The van der Waals surface area contributed by atoms with Crippen molar-refractivity contribution in [3.8, 4) is 0 Å². The summed E-state index contributed by atoms with van der Waals surface area (Å²) in [6, 6.07) is 2.07. The summed E-state index contributed by atoms with van der Waals surface area (Å²) < 4.78 is 2.00. The molecular formula is C10H17N7. The predicted molar refractivity (Wildman–Crippen MR) is 65.6 cm³/mol. The van der Waals surface area contributed by atoms with Gasteiger partial charge in [-0.05, 0) is 26.3 Å². The second-order valence-corrected chi connectivity index (χ2v) is 3.97. The lowest BCUT2D eigenvalue weighted by atomic mass is 10.4. The maximum atomic E-state index is 5.41.